The highest BCUT2D eigenvalue weighted by molar-refractivity contribution is 7.88. The van der Waals surface area contributed by atoms with Gasteiger partial charge in [-0.2, -0.15) is 13.1 Å². The van der Waals surface area contributed by atoms with Crippen LogP contribution in [0.25, 0.3) is 11.1 Å². The molecule has 2 rings (SSSR count). The topological polar surface area (TPSA) is 129 Å². The lowest BCUT2D eigenvalue weighted by Gasteiger charge is -2.25. The van der Waals surface area contributed by atoms with Crippen molar-refractivity contribution in [1.82, 2.24) is 9.44 Å². The second-order valence-electron chi connectivity index (χ2n) is 11.7. The minimum Gasteiger partial charge on any atom is -0.493 e. The standard InChI is InChI=1S/C29H42N2O8S/c1-20(2)16-17-36-24-15-10-9-14-23(24)22-13-11-12-21(18-22)19-37-25(26(32)38-28(3,4)5)30-40(34,35)31-27(33)39-29(6,7)8/h9-15,18,20,25,30H,16-17,19H2,1-8H3,(H,31,33). The normalized spacial score (nSPS) is 13.0. The summed E-state index contributed by atoms with van der Waals surface area (Å²) in [5.74, 6) is 0.290. The van der Waals surface area contributed by atoms with E-state index in [1.165, 1.54) is 0 Å². The summed E-state index contributed by atoms with van der Waals surface area (Å²) < 4.78 is 51.0. The molecule has 222 valence electrons. The summed E-state index contributed by atoms with van der Waals surface area (Å²) in [7, 11) is -4.55. The van der Waals surface area contributed by atoms with Crippen LogP contribution in [0.15, 0.2) is 48.5 Å². The molecule has 0 aromatic heterocycles. The van der Waals surface area contributed by atoms with E-state index in [-0.39, 0.29) is 6.61 Å². The SMILES string of the molecule is CC(C)CCOc1ccccc1-c1cccc(COC(NS(=O)(=O)NC(=O)OC(C)(C)C)C(=O)OC(C)(C)C)c1. The molecule has 0 aliphatic heterocycles. The van der Waals surface area contributed by atoms with Crippen molar-refractivity contribution in [1.29, 1.82) is 0 Å². The zero-order chi connectivity index (χ0) is 30.1. The maximum Gasteiger partial charge on any atom is 0.422 e. The Hall–Kier alpha value is -3.15. The summed E-state index contributed by atoms with van der Waals surface area (Å²) in [6.45, 7) is 14.4. The monoisotopic (exact) mass is 578 g/mol. The van der Waals surface area contributed by atoms with E-state index in [0.29, 0.717) is 18.1 Å². The Labute approximate surface area is 237 Å². The van der Waals surface area contributed by atoms with Gasteiger partial charge in [-0.05, 0) is 77.1 Å². The molecule has 40 heavy (non-hydrogen) atoms. The van der Waals surface area contributed by atoms with Gasteiger partial charge in [0.25, 0.3) is 0 Å². The third-order valence-electron chi connectivity index (χ3n) is 4.99. The summed E-state index contributed by atoms with van der Waals surface area (Å²) in [5, 5.41) is 0. The number of carbonyl (C=O) groups is 2. The van der Waals surface area contributed by atoms with E-state index < -0.39 is 39.7 Å². The van der Waals surface area contributed by atoms with Crippen LogP contribution in [0, 0.1) is 5.92 Å². The number of para-hydroxylation sites is 1. The first kappa shape index (κ1) is 33.1. The van der Waals surface area contributed by atoms with Crippen molar-refractivity contribution >= 4 is 22.3 Å². The van der Waals surface area contributed by atoms with Gasteiger partial charge in [0.1, 0.15) is 17.0 Å². The van der Waals surface area contributed by atoms with E-state index in [1.807, 2.05) is 47.2 Å². The third-order valence-corrected chi connectivity index (χ3v) is 5.95. The molecule has 0 saturated heterocycles. The molecule has 1 unspecified atom stereocenters. The predicted octanol–water partition coefficient (Wildman–Crippen LogP) is 5.32. The summed E-state index contributed by atoms with van der Waals surface area (Å²) in [6.07, 6.45) is -2.02. The van der Waals surface area contributed by atoms with Crippen LogP contribution in [0.5, 0.6) is 5.75 Å². The quantitative estimate of drug-likeness (QED) is 0.256. The zero-order valence-corrected chi connectivity index (χ0v) is 25.4. The van der Waals surface area contributed by atoms with Gasteiger partial charge >= 0.3 is 22.3 Å². The van der Waals surface area contributed by atoms with Crippen molar-refractivity contribution in [3.63, 3.8) is 0 Å². The van der Waals surface area contributed by atoms with Crippen molar-refractivity contribution in [3.8, 4) is 16.9 Å². The fraction of sp³-hybridized carbons (Fsp3) is 0.517. The summed E-state index contributed by atoms with van der Waals surface area (Å²) >= 11 is 0. The van der Waals surface area contributed by atoms with Crippen LogP contribution >= 0.6 is 0 Å². The van der Waals surface area contributed by atoms with Crippen LogP contribution in [0.1, 0.15) is 67.4 Å². The van der Waals surface area contributed by atoms with Gasteiger partial charge in [-0.15, -0.1) is 0 Å². The zero-order valence-electron chi connectivity index (χ0n) is 24.6. The Morgan fingerprint density at radius 2 is 1.55 bits per heavy atom. The number of ether oxygens (including phenoxy) is 4. The van der Waals surface area contributed by atoms with Gasteiger partial charge in [0.05, 0.1) is 13.2 Å². The van der Waals surface area contributed by atoms with Crippen LogP contribution < -0.4 is 14.2 Å². The second-order valence-corrected chi connectivity index (χ2v) is 13.1. The average molecular weight is 579 g/mol. The molecule has 0 radical (unpaired) electrons. The molecular formula is C29H42N2O8S. The number of benzene rings is 2. The molecule has 2 aromatic carbocycles. The van der Waals surface area contributed by atoms with Gasteiger partial charge in [0, 0.05) is 5.56 Å². The second kappa shape index (κ2) is 14.0. The molecule has 2 N–H and O–H groups in total. The van der Waals surface area contributed by atoms with Crippen molar-refractivity contribution in [2.24, 2.45) is 5.92 Å². The van der Waals surface area contributed by atoms with Gasteiger partial charge in [0.15, 0.2) is 0 Å². The fourth-order valence-electron chi connectivity index (χ4n) is 3.33. The number of esters is 1. The van der Waals surface area contributed by atoms with Gasteiger partial charge in [-0.3, -0.25) is 0 Å². The van der Waals surface area contributed by atoms with Gasteiger partial charge in [0.2, 0.25) is 6.23 Å². The van der Waals surface area contributed by atoms with E-state index in [9.17, 15) is 18.0 Å². The first-order valence-electron chi connectivity index (χ1n) is 13.1. The molecule has 1 amide bonds. The van der Waals surface area contributed by atoms with Crippen molar-refractivity contribution < 1.29 is 37.0 Å². The highest BCUT2D eigenvalue weighted by Crippen LogP contribution is 2.31. The number of nitrogens with one attached hydrogen (secondary N) is 2. The van der Waals surface area contributed by atoms with E-state index in [0.717, 1.165) is 23.3 Å². The van der Waals surface area contributed by atoms with Crippen LogP contribution in [0.2, 0.25) is 0 Å². The number of amides is 1. The molecule has 0 aliphatic rings. The van der Waals surface area contributed by atoms with Crippen LogP contribution in [0.3, 0.4) is 0 Å². The number of hydrogen-bond acceptors (Lipinski definition) is 8. The van der Waals surface area contributed by atoms with Gasteiger partial charge < -0.3 is 18.9 Å². The molecule has 2 aromatic rings. The lowest BCUT2D eigenvalue weighted by molar-refractivity contribution is -0.170. The lowest BCUT2D eigenvalue weighted by atomic mass is 10.0. The maximum absolute atomic E-state index is 12.8. The summed E-state index contributed by atoms with van der Waals surface area (Å²) in [6, 6.07) is 15.1. The molecule has 0 saturated carbocycles. The number of hydrogen-bond donors (Lipinski definition) is 2. The van der Waals surface area contributed by atoms with Crippen LogP contribution in [-0.2, 0) is 35.8 Å². The lowest BCUT2D eigenvalue weighted by Crippen LogP contribution is -2.51. The first-order valence-corrected chi connectivity index (χ1v) is 14.6. The summed E-state index contributed by atoms with van der Waals surface area (Å²) in [5.41, 5.74) is 0.578. The Bertz CT molecular complexity index is 1250. The van der Waals surface area contributed by atoms with Crippen molar-refractivity contribution in [2.75, 3.05) is 6.61 Å². The Morgan fingerprint density at radius 3 is 2.17 bits per heavy atom. The van der Waals surface area contributed by atoms with Crippen molar-refractivity contribution in [2.45, 2.75) is 85.8 Å². The van der Waals surface area contributed by atoms with Gasteiger partial charge in [-0.25, -0.2) is 14.3 Å². The smallest absolute Gasteiger partial charge is 0.422 e. The van der Waals surface area contributed by atoms with E-state index in [2.05, 4.69) is 13.8 Å². The Kier molecular flexibility index (Phi) is 11.5. The molecule has 0 aliphatic carbocycles. The maximum atomic E-state index is 12.8. The molecule has 0 heterocycles. The highest BCUT2D eigenvalue weighted by Gasteiger charge is 2.31. The number of carbonyl (C=O) groups excluding carboxylic acids is 2. The minimum absolute atomic E-state index is 0.136. The summed E-state index contributed by atoms with van der Waals surface area (Å²) in [4.78, 5) is 24.8. The fourth-order valence-corrected chi connectivity index (χ4v) is 4.09. The molecule has 1 atom stereocenters. The largest absolute Gasteiger partial charge is 0.493 e. The molecule has 11 heteroatoms. The average Bonchev–Trinajstić information content (AvgIpc) is 2.79. The van der Waals surface area contributed by atoms with Gasteiger partial charge in [-0.1, -0.05) is 50.2 Å². The van der Waals surface area contributed by atoms with Crippen molar-refractivity contribution in [3.05, 3.63) is 54.1 Å². The molecule has 0 spiro atoms. The Morgan fingerprint density at radius 1 is 0.900 bits per heavy atom. The van der Waals surface area contributed by atoms with E-state index in [4.69, 9.17) is 18.9 Å². The third kappa shape index (κ3) is 12.4. The molecule has 0 fully saturated rings. The predicted molar refractivity (Wildman–Crippen MR) is 153 cm³/mol. The first-order chi connectivity index (χ1) is 18.4. The van der Waals surface area contributed by atoms with Crippen LogP contribution in [-0.4, -0.2) is 44.5 Å². The van der Waals surface area contributed by atoms with E-state index in [1.54, 1.807) is 52.3 Å². The van der Waals surface area contributed by atoms with E-state index >= 15 is 0 Å². The molecule has 10 nitrogen and oxygen atoms in total. The van der Waals surface area contributed by atoms with Crippen LogP contribution in [0.4, 0.5) is 4.79 Å². The minimum atomic E-state index is -4.55. The molecular weight excluding hydrogens is 536 g/mol. The number of rotatable bonds is 12. The Balaban J connectivity index is 2.21. The molecule has 0 bridgehead atoms. The highest BCUT2D eigenvalue weighted by atomic mass is 32.2.